The predicted octanol–water partition coefficient (Wildman–Crippen LogP) is 2.13. The highest BCUT2D eigenvalue weighted by atomic mass is 15.0. The van der Waals surface area contributed by atoms with Gasteiger partial charge in [-0.1, -0.05) is 20.3 Å². The van der Waals surface area contributed by atoms with Crippen molar-refractivity contribution in [2.45, 2.75) is 26.3 Å². The van der Waals surface area contributed by atoms with Crippen molar-refractivity contribution in [3.63, 3.8) is 0 Å². The fourth-order valence-electron chi connectivity index (χ4n) is 1.12. The van der Waals surface area contributed by atoms with E-state index in [1.807, 2.05) is 18.7 Å². The lowest BCUT2D eigenvalue weighted by molar-refractivity contribution is 0.434. The molecule has 0 aliphatic carbocycles. The van der Waals surface area contributed by atoms with Crippen LogP contribution in [0.1, 0.15) is 19.8 Å². The Morgan fingerprint density at radius 3 is 2.91 bits per heavy atom. The smallest absolute Gasteiger partial charge is 0.0945 e. The third-order valence-electron chi connectivity index (χ3n) is 2.01. The molecule has 1 radical (unpaired) electrons. The summed E-state index contributed by atoms with van der Waals surface area (Å²) in [5.41, 5.74) is 0. The molecule has 0 aliphatic heterocycles. The molecule has 0 aromatic carbocycles. The Hall–Kier alpha value is -0.790. The molecule has 0 spiro atoms. The van der Waals surface area contributed by atoms with Crippen LogP contribution >= 0.6 is 0 Å². The lowest BCUT2D eigenvalue weighted by atomic mass is 10.0. The van der Waals surface area contributed by atoms with Gasteiger partial charge >= 0.3 is 0 Å². The Morgan fingerprint density at radius 2 is 2.45 bits per heavy atom. The second kappa shape index (κ2) is 4.16. The monoisotopic (exact) mass is 151 g/mol. The normalized spacial score (nSPS) is 10.8. The van der Waals surface area contributed by atoms with E-state index in [-0.39, 0.29) is 0 Å². The van der Waals surface area contributed by atoms with Crippen LogP contribution in [0.4, 0.5) is 0 Å². The number of imidazole rings is 1. The van der Waals surface area contributed by atoms with Gasteiger partial charge < -0.3 is 4.57 Å². The lowest BCUT2D eigenvalue weighted by Gasteiger charge is -2.11. The summed E-state index contributed by atoms with van der Waals surface area (Å²) in [6, 6.07) is 0. The zero-order valence-electron chi connectivity index (χ0n) is 7.03. The highest BCUT2D eigenvalue weighted by Crippen LogP contribution is 2.09. The summed E-state index contributed by atoms with van der Waals surface area (Å²) in [7, 11) is 0. The van der Waals surface area contributed by atoms with Crippen LogP contribution in [0.5, 0.6) is 0 Å². The molecule has 61 valence electrons. The minimum absolute atomic E-state index is 0.698. The zero-order chi connectivity index (χ0) is 8.10. The molecule has 0 saturated heterocycles. The summed E-state index contributed by atoms with van der Waals surface area (Å²) in [5, 5.41) is 0. The van der Waals surface area contributed by atoms with Crippen molar-refractivity contribution in [1.29, 1.82) is 0 Å². The van der Waals surface area contributed by atoms with Gasteiger partial charge in [0, 0.05) is 18.9 Å². The molecule has 0 N–H and O–H groups in total. The molecule has 0 amide bonds. The average Bonchev–Trinajstić information content (AvgIpc) is 2.52. The molecule has 11 heavy (non-hydrogen) atoms. The van der Waals surface area contributed by atoms with Gasteiger partial charge in [0.1, 0.15) is 0 Å². The van der Waals surface area contributed by atoms with Gasteiger partial charge in [0.15, 0.2) is 0 Å². The van der Waals surface area contributed by atoms with E-state index in [0.717, 1.165) is 13.0 Å². The van der Waals surface area contributed by atoms with Gasteiger partial charge in [-0.3, -0.25) is 0 Å². The molecular weight excluding hydrogens is 136 g/mol. The number of hydrogen-bond acceptors (Lipinski definition) is 1. The lowest BCUT2D eigenvalue weighted by Crippen LogP contribution is -2.07. The second-order valence-corrected chi connectivity index (χ2v) is 2.82. The summed E-state index contributed by atoms with van der Waals surface area (Å²) in [4.78, 5) is 3.99. The van der Waals surface area contributed by atoms with E-state index in [2.05, 4.69) is 23.4 Å². The number of aromatic nitrogens is 2. The van der Waals surface area contributed by atoms with E-state index in [1.54, 1.807) is 0 Å². The molecule has 1 atom stereocenters. The third kappa shape index (κ3) is 2.37. The summed E-state index contributed by atoms with van der Waals surface area (Å²) < 4.78 is 2.11. The average molecular weight is 151 g/mol. The molecule has 1 rings (SSSR count). The van der Waals surface area contributed by atoms with Gasteiger partial charge in [-0.15, -0.1) is 0 Å². The number of nitrogens with zero attached hydrogens (tertiary/aromatic N) is 2. The van der Waals surface area contributed by atoms with Crippen molar-refractivity contribution in [3.8, 4) is 0 Å². The van der Waals surface area contributed by atoms with E-state index in [4.69, 9.17) is 0 Å². The topological polar surface area (TPSA) is 17.8 Å². The minimum atomic E-state index is 0.698. The number of rotatable bonds is 4. The molecule has 1 heterocycles. The summed E-state index contributed by atoms with van der Waals surface area (Å²) in [6.45, 7) is 7.16. The molecule has 0 bridgehead atoms. The highest BCUT2D eigenvalue weighted by Gasteiger charge is 2.02. The maximum absolute atomic E-state index is 3.99. The van der Waals surface area contributed by atoms with Crippen LogP contribution in [0.3, 0.4) is 0 Å². The van der Waals surface area contributed by atoms with Gasteiger partial charge in [-0.2, -0.15) is 0 Å². The van der Waals surface area contributed by atoms with Gasteiger partial charge in [0.05, 0.1) is 6.33 Å². The van der Waals surface area contributed by atoms with Crippen LogP contribution in [0, 0.1) is 12.8 Å². The first-order chi connectivity index (χ1) is 5.36. The van der Waals surface area contributed by atoms with Gasteiger partial charge in [-0.25, -0.2) is 4.98 Å². The Bertz CT molecular complexity index is 175. The quantitative estimate of drug-likeness (QED) is 0.644. The standard InChI is InChI=1S/C9H15N2/c1-3-9(4-2)7-11-6-5-10-8-11/h5-6,8-9H,1,3-4,7H2,2H3. The van der Waals surface area contributed by atoms with Crippen LogP contribution < -0.4 is 0 Å². The summed E-state index contributed by atoms with van der Waals surface area (Å²) >= 11 is 0. The van der Waals surface area contributed by atoms with E-state index in [0.29, 0.717) is 5.92 Å². The molecule has 1 aromatic heterocycles. The Kier molecular flexibility index (Phi) is 3.14. The highest BCUT2D eigenvalue weighted by molar-refractivity contribution is 4.75. The van der Waals surface area contributed by atoms with Crippen LogP contribution in [-0.2, 0) is 6.54 Å². The first kappa shape index (κ1) is 8.31. The van der Waals surface area contributed by atoms with E-state index in [1.165, 1.54) is 6.42 Å². The van der Waals surface area contributed by atoms with Gasteiger partial charge in [0.25, 0.3) is 0 Å². The molecular formula is C9H15N2. The van der Waals surface area contributed by atoms with Crippen LogP contribution in [0.2, 0.25) is 0 Å². The maximum atomic E-state index is 3.99. The summed E-state index contributed by atoms with van der Waals surface area (Å²) in [6.07, 6.45) is 7.88. The van der Waals surface area contributed by atoms with Crippen molar-refractivity contribution in [3.05, 3.63) is 25.6 Å². The van der Waals surface area contributed by atoms with Crippen LogP contribution in [0.25, 0.3) is 0 Å². The van der Waals surface area contributed by atoms with Gasteiger partial charge in [0.2, 0.25) is 0 Å². The van der Waals surface area contributed by atoms with Crippen molar-refractivity contribution < 1.29 is 0 Å². The van der Waals surface area contributed by atoms with Crippen molar-refractivity contribution >= 4 is 0 Å². The molecule has 1 unspecified atom stereocenters. The van der Waals surface area contributed by atoms with Crippen molar-refractivity contribution in [2.75, 3.05) is 0 Å². The van der Waals surface area contributed by atoms with E-state index >= 15 is 0 Å². The Balaban J connectivity index is 2.41. The largest absolute Gasteiger partial charge is 0.337 e. The molecule has 2 nitrogen and oxygen atoms in total. The first-order valence-electron chi connectivity index (χ1n) is 4.11. The maximum Gasteiger partial charge on any atom is 0.0945 e. The molecule has 0 fully saturated rings. The zero-order valence-corrected chi connectivity index (χ0v) is 7.03. The number of hydrogen-bond donors (Lipinski definition) is 0. The first-order valence-corrected chi connectivity index (χ1v) is 4.11. The SMILES string of the molecule is [CH2]CC(CC)Cn1ccnc1. The minimum Gasteiger partial charge on any atom is -0.337 e. The van der Waals surface area contributed by atoms with Crippen LogP contribution in [-0.4, -0.2) is 9.55 Å². The molecule has 0 saturated carbocycles. The fourth-order valence-corrected chi connectivity index (χ4v) is 1.12. The Labute approximate surface area is 68.3 Å². The van der Waals surface area contributed by atoms with Crippen LogP contribution in [0.15, 0.2) is 18.7 Å². The Morgan fingerprint density at radius 1 is 1.64 bits per heavy atom. The molecule has 2 heteroatoms. The van der Waals surface area contributed by atoms with Crippen molar-refractivity contribution in [1.82, 2.24) is 9.55 Å². The van der Waals surface area contributed by atoms with Crippen molar-refractivity contribution in [2.24, 2.45) is 5.92 Å². The fraction of sp³-hybridized carbons (Fsp3) is 0.556. The molecule has 1 aromatic rings. The molecule has 0 aliphatic rings. The summed E-state index contributed by atoms with van der Waals surface area (Å²) in [5.74, 6) is 0.698. The third-order valence-corrected chi connectivity index (χ3v) is 2.01. The second-order valence-electron chi connectivity index (χ2n) is 2.82. The van der Waals surface area contributed by atoms with E-state index < -0.39 is 0 Å². The van der Waals surface area contributed by atoms with Gasteiger partial charge in [-0.05, 0) is 12.3 Å². The predicted molar refractivity (Wildman–Crippen MR) is 46.0 cm³/mol. The van der Waals surface area contributed by atoms with E-state index in [9.17, 15) is 0 Å².